The van der Waals surface area contributed by atoms with Crippen LogP contribution in [0.25, 0.3) is 0 Å². The van der Waals surface area contributed by atoms with Crippen LogP contribution in [0.3, 0.4) is 0 Å². The molecule has 1 saturated carbocycles. The summed E-state index contributed by atoms with van der Waals surface area (Å²) in [5.41, 5.74) is -0.430. The third kappa shape index (κ3) is 2.60. The average molecular weight is 280 g/mol. The Morgan fingerprint density at radius 3 is 2.25 bits per heavy atom. The van der Waals surface area contributed by atoms with E-state index in [4.69, 9.17) is 4.74 Å². The Bertz CT molecular complexity index is 344. The number of hydrogen-bond donors (Lipinski definition) is 1. The van der Waals surface area contributed by atoms with Crippen molar-refractivity contribution in [3.05, 3.63) is 0 Å². The molecule has 0 spiro atoms. The smallest absolute Gasteiger partial charge is 0.327 e. The maximum absolute atomic E-state index is 12.5. The maximum atomic E-state index is 12.5. The highest BCUT2D eigenvalue weighted by molar-refractivity contribution is 5.82. The third-order valence-corrected chi connectivity index (χ3v) is 5.62. The van der Waals surface area contributed by atoms with Gasteiger partial charge in [-0.05, 0) is 44.7 Å². The van der Waals surface area contributed by atoms with E-state index in [1.807, 2.05) is 0 Å². The molecule has 1 N–H and O–H groups in total. The third-order valence-electron chi connectivity index (χ3n) is 5.62. The molecule has 0 amide bonds. The Morgan fingerprint density at radius 1 is 1.10 bits per heavy atom. The van der Waals surface area contributed by atoms with Crippen LogP contribution in [-0.4, -0.2) is 49.2 Å². The summed E-state index contributed by atoms with van der Waals surface area (Å²) >= 11 is 0. The van der Waals surface area contributed by atoms with Gasteiger partial charge in [0, 0.05) is 12.6 Å². The zero-order valence-electron chi connectivity index (χ0n) is 12.7. The largest absolute Gasteiger partial charge is 0.468 e. The van der Waals surface area contributed by atoms with Gasteiger partial charge in [-0.25, -0.2) is 4.79 Å². The molecule has 3 aliphatic heterocycles. The van der Waals surface area contributed by atoms with Crippen LogP contribution in [0.15, 0.2) is 0 Å². The minimum atomic E-state index is -0.430. The number of carbonyl (C=O) groups is 1. The van der Waals surface area contributed by atoms with Gasteiger partial charge in [0.15, 0.2) is 0 Å². The molecular weight excluding hydrogens is 252 g/mol. The van der Waals surface area contributed by atoms with Crippen molar-refractivity contribution >= 4 is 5.97 Å². The van der Waals surface area contributed by atoms with Crippen LogP contribution in [-0.2, 0) is 9.53 Å². The van der Waals surface area contributed by atoms with Gasteiger partial charge in [0.1, 0.15) is 5.54 Å². The fourth-order valence-corrected chi connectivity index (χ4v) is 4.49. The van der Waals surface area contributed by atoms with Crippen LogP contribution < -0.4 is 5.32 Å². The average Bonchev–Trinajstić information content (AvgIpc) is 2.76. The monoisotopic (exact) mass is 280 g/mol. The van der Waals surface area contributed by atoms with Gasteiger partial charge in [0.25, 0.3) is 0 Å². The van der Waals surface area contributed by atoms with Crippen LogP contribution in [0.4, 0.5) is 0 Å². The van der Waals surface area contributed by atoms with Crippen molar-refractivity contribution in [1.29, 1.82) is 0 Å². The summed E-state index contributed by atoms with van der Waals surface area (Å²) in [5.74, 6) is 0.430. The predicted molar refractivity (Wildman–Crippen MR) is 78.5 cm³/mol. The van der Waals surface area contributed by atoms with E-state index in [0.717, 1.165) is 32.5 Å². The zero-order valence-corrected chi connectivity index (χ0v) is 12.7. The standard InChI is InChI=1S/C16H28N2O2/c1-20-15(19)16(12-18-10-8-13(16)9-11-18)17-14-6-4-2-3-5-7-14/h13-14,17H,2-12H2,1H3. The number of hydrogen-bond acceptors (Lipinski definition) is 4. The van der Waals surface area contributed by atoms with Crippen molar-refractivity contribution in [1.82, 2.24) is 10.2 Å². The van der Waals surface area contributed by atoms with Crippen LogP contribution in [0, 0.1) is 5.92 Å². The lowest BCUT2D eigenvalue weighted by Crippen LogP contribution is -2.71. The van der Waals surface area contributed by atoms with Gasteiger partial charge >= 0.3 is 5.97 Å². The molecule has 1 atom stereocenters. The number of nitrogens with one attached hydrogen (secondary N) is 1. The Kier molecular flexibility index (Phi) is 4.32. The number of rotatable bonds is 3. The molecule has 3 heterocycles. The second-order valence-electron chi connectivity index (χ2n) is 6.85. The highest BCUT2D eigenvalue weighted by atomic mass is 16.5. The summed E-state index contributed by atoms with van der Waals surface area (Å²) in [6, 6.07) is 0.497. The number of nitrogens with zero attached hydrogens (tertiary/aromatic N) is 1. The molecule has 3 saturated heterocycles. The van der Waals surface area contributed by atoms with Crippen LogP contribution in [0.1, 0.15) is 51.4 Å². The van der Waals surface area contributed by atoms with Crippen LogP contribution >= 0.6 is 0 Å². The predicted octanol–water partition coefficient (Wildman–Crippen LogP) is 1.94. The first-order chi connectivity index (χ1) is 9.74. The number of esters is 1. The summed E-state index contributed by atoms with van der Waals surface area (Å²) in [4.78, 5) is 15.0. The Balaban J connectivity index is 1.77. The highest BCUT2D eigenvalue weighted by Gasteiger charge is 2.53. The van der Waals surface area contributed by atoms with E-state index < -0.39 is 5.54 Å². The van der Waals surface area contributed by atoms with Crippen molar-refractivity contribution < 1.29 is 9.53 Å². The molecule has 20 heavy (non-hydrogen) atoms. The quantitative estimate of drug-likeness (QED) is 0.633. The fourth-order valence-electron chi connectivity index (χ4n) is 4.49. The molecule has 4 nitrogen and oxygen atoms in total. The lowest BCUT2D eigenvalue weighted by atomic mass is 9.72. The van der Waals surface area contributed by atoms with E-state index in [1.54, 1.807) is 0 Å². The van der Waals surface area contributed by atoms with Gasteiger partial charge in [0.2, 0.25) is 0 Å². The summed E-state index contributed by atoms with van der Waals surface area (Å²) in [7, 11) is 1.54. The van der Waals surface area contributed by atoms with Crippen molar-refractivity contribution in [2.75, 3.05) is 26.7 Å². The second kappa shape index (κ2) is 6.02. The van der Waals surface area contributed by atoms with E-state index in [0.29, 0.717) is 12.0 Å². The van der Waals surface area contributed by atoms with E-state index in [-0.39, 0.29) is 5.97 Å². The first kappa shape index (κ1) is 14.3. The van der Waals surface area contributed by atoms with Crippen molar-refractivity contribution in [3.8, 4) is 0 Å². The van der Waals surface area contributed by atoms with E-state index >= 15 is 0 Å². The zero-order chi connectivity index (χ0) is 14.0. The van der Waals surface area contributed by atoms with E-state index in [9.17, 15) is 4.79 Å². The molecule has 2 bridgehead atoms. The van der Waals surface area contributed by atoms with Crippen molar-refractivity contribution in [2.24, 2.45) is 5.92 Å². The Morgan fingerprint density at radius 2 is 1.75 bits per heavy atom. The highest BCUT2D eigenvalue weighted by Crippen LogP contribution is 2.37. The number of ether oxygens (including phenoxy) is 1. The molecule has 4 rings (SSSR count). The minimum Gasteiger partial charge on any atom is -0.468 e. The molecule has 114 valence electrons. The van der Waals surface area contributed by atoms with Crippen LogP contribution in [0.2, 0.25) is 0 Å². The molecular formula is C16H28N2O2. The van der Waals surface area contributed by atoms with E-state index in [1.165, 1.54) is 45.6 Å². The summed E-state index contributed by atoms with van der Waals surface area (Å²) in [5, 5.41) is 3.78. The first-order valence-corrected chi connectivity index (χ1v) is 8.33. The number of methoxy groups -OCH3 is 1. The van der Waals surface area contributed by atoms with Gasteiger partial charge < -0.3 is 9.64 Å². The number of piperidine rings is 3. The maximum Gasteiger partial charge on any atom is 0.327 e. The molecule has 0 aromatic heterocycles. The fraction of sp³-hybridized carbons (Fsp3) is 0.938. The second-order valence-corrected chi connectivity index (χ2v) is 6.85. The van der Waals surface area contributed by atoms with Gasteiger partial charge in [0.05, 0.1) is 7.11 Å². The molecule has 4 aliphatic rings. The number of fused-ring (bicyclic) bond motifs is 3. The topological polar surface area (TPSA) is 41.6 Å². The normalized spacial score (nSPS) is 38.5. The van der Waals surface area contributed by atoms with Crippen molar-refractivity contribution in [3.63, 3.8) is 0 Å². The van der Waals surface area contributed by atoms with E-state index in [2.05, 4.69) is 10.2 Å². The lowest BCUT2D eigenvalue weighted by Gasteiger charge is -2.52. The molecule has 1 aliphatic carbocycles. The SMILES string of the molecule is COC(=O)C1(NC2CCCCCC2)CN2CCC1CC2. The molecule has 0 radical (unpaired) electrons. The molecule has 0 aromatic carbocycles. The molecule has 1 unspecified atom stereocenters. The minimum absolute atomic E-state index is 0.0313. The Labute approximate surface area is 122 Å². The van der Waals surface area contributed by atoms with Gasteiger partial charge in [-0.1, -0.05) is 25.7 Å². The summed E-state index contributed by atoms with van der Waals surface area (Å²) < 4.78 is 5.19. The van der Waals surface area contributed by atoms with Gasteiger partial charge in [-0.15, -0.1) is 0 Å². The Hall–Kier alpha value is -0.610. The molecule has 4 fully saturated rings. The number of carbonyl (C=O) groups excluding carboxylic acids is 1. The molecule has 0 aromatic rings. The van der Waals surface area contributed by atoms with Gasteiger partial charge in [-0.2, -0.15) is 0 Å². The molecule has 4 heteroatoms. The first-order valence-electron chi connectivity index (χ1n) is 8.33. The van der Waals surface area contributed by atoms with Crippen molar-refractivity contribution in [2.45, 2.75) is 62.9 Å². The van der Waals surface area contributed by atoms with Gasteiger partial charge in [-0.3, -0.25) is 5.32 Å². The summed E-state index contributed by atoms with van der Waals surface area (Å²) in [6.07, 6.45) is 9.98. The summed E-state index contributed by atoms with van der Waals surface area (Å²) in [6.45, 7) is 3.15. The lowest BCUT2D eigenvalue weighted by molar-refractivity contribution is -0.159. The van der Waals surface area contributed by atoms with Crippen LogP contribution in [0.5, 0.6) is 0 Å².